The second kappa shape index (κ2) is 9.22. The Morgan fingerprint density at radius 1 is 1.24 bits per heavy atom. The van der Waals surface area contributed by atoms with Crippen LogP contribution in [-0.4, -0.2) is 18.5 Å². The van der Waals surface area contributed by atoms with E-state index < -0.39 is 0 Å². The smallest absolute Gasteiger partial charge is 0.251 e. The zero-order valence-corrected chi connectivity index (χ0v) is 16.2. The number of carbonyl (C=O) groups is 1. The molecule has 3 N–H and O–H groups in total. The quantitative estimate of drug-likeness (QED) is 0.707. The van der Waals surface area contributed by atoms with Crippen LogP contribution in [-0.2, 0) is 6.61 Å². The number of nitrogens with two attached hydrogens (primary N) is 1. The predicted octanol–water partition coefficient (Wildman–Crippen LogP) is 3.92. The topological polar surface area (TPSA) is 64.3 Å². The van der Waals surface area contributed by atoms with E-state index in [-0.39, 0.29) is 24.4 Å². The van der Waals surface area contributed by atoms with E-state index in [4.69, 9.17) is 10.5 Å². The Bertz CT molecular complexity index is 722. The summed E-state index contributed by atoms with van der Waals surface area (Å²) in [5.41, 5.74) is 7.41. The molecule has 1 saturated carbocycles. The minimum atomic E-state index is -0.0938. The van der Waals surface area contributed by atoms with Gasteiger partial charge in [-0.05, 0) is 43.0 Å². The largest absolute Gasteiger partial charge is 0.489 e. The van der Waals surface area contributed by atoms with E-state index in [2.05, 4.69) is 21.2 Å². The standard InChI is InChI=1S/C19H21BrN2O2.ClH/c20-17-7-2-1-4-15(17)12-24-16-6-3-5-14(10-16)19(23)22-18(11-21)13-8-9-13;/h1-7,10,13,18H,8-9,11-12,21H2,(H,22,23);1H. The van der Waals surface area contributed by atoms with Gasteiger partial charge in [0.15, 0.2) is 0 Å². The Labute approximate surface area is 162 Å². The highest BCUT2D eigenvalue weighted by atomic mass is 79.9. The summed E-state index contributed by atoms with van der Waals surface area (Å²) < 4.78 is 6.83. The summed E-state index contributed by atoms with van der Waals surface area (Å²) in [5.74, 6) is 1.12. The zero-order chi connectivity index (χ0) is 16.9. The fourth-order valence-corrected chi connectivity index (χ4v) is 3.02. The first kappa shape index (κ1) is 19.8. The van der Waals surface area contributed by atoms with Crippen LogP contribution in [0.5, 0.6) is 5.75 Å². The van der Waals surface area contributed by atoms with Gasteiger partial charge in [-0.25, -0.2) is 0 Å². The van der Waals surface area contributed by atoms with Gasteiger partial charge in [-0.15, -0.1) is 12.4 Å². The van der Waals surface area contributed by atoms with E-state index in [0.717, 1.165) is 22.9 Å². The second-order valence-electron chi connectivity index (χ2n) is 6.06. The summed E-state index contributed by atoms with van der Waals surface area (Å²) in [7, 11) is 0. The van der Waals surface area contributed by atoms with Crippen LogP contribution in [0.15, 0.2) is 53.0 Å². The molecule has 0 spiro atoms. The Morgan fingerprint density at radius 3 is 2.68 bits per heavy atom. The molecule has 0 radical (unpaired) electrons. The maximum atomic E-state index is 12.4. The third-order valence-corrected chi connectivity index (χ3v) is 4.98. The number of ether oxygens (including phenoxy) is 1. The molecule has 4 nitrogen and oxygen atoms in total. The van der Waals surface area contributed by atoms with Crippen molar-refractivity contribution in [2.24, 2.45) is 11.7 Å². The minimum Gasteiger partial charge on any atom is -0.489 e. The van der Waals surface area contributed by atoms with Gasteiger partial charge in [-0.3, -0.25) is 4.79 Å². The lowest BCUT2D eigenvalue weighted by atomic mass is 10.1. The molecular formula is C19H22BrClN2O2. The maximum Gasteiger partial charge on any atom is 0.251 e. The highest BCUT2D eigenvalue weighted by Gasteiger charge is 2.31. The summed E-state index contributed by atoms with van der Waals surface area (Å²) in [6.45, 7) is 0.925. The van der Waals surface area contributed by atoms with Gasteiger partial charge >= 0.3 is 0 Å². The third-order valence-electron chi connectivity index (χ3n) is 4.21. The fraction of sp³-hybridized carbons (Fsp3) is 0.316. The second-order valence-corrected chi connectivity index (χ2v) is 6.92. The van der Waals surface area contributed by atoms with Crippen LogP contribution in [0, 0.1) is 5.92 Å². The molecule has 1 atom stereocenters. The van der Waals surface area contributed by atoms with E-state index in [1.165, 1.54) is 0 Å². The number of benzene rings is 2. The maximum absolute atomic E-state index is 12.4. The van der Waals surface area contributed by atoms with E-state index in [1.54, 1.807) is 12.1 Å². The van der Waals surface area contributed by atoms with Crippen molar-refractivity contribution < 1.29 is 9.53 Å². The monoisotopic (exact) mass is 424 g/mol. The van der Waals surface area contributed by atoms with Crippen LogP contribution < -0.4 is 15.8 Å². The number of rotatable bonds is 7. The van der Waals surface area contributed by atoms with Crippen LogP contribution >= 0.6 is 28.3 Å². The molecule has 0 heterocycles. The number of amides is 1. The Kier molecular flexibility index (Phi) is 7.29. The predicted molar refractivity (Wildman–Crippen MR) is 105 cm³/mol. The van der Waals surface area contributed by atoms with Crippen LogP contribution in [0.4, 0.5) is 0 Å². The summed E-state index contributed by atoms with van der Waals surface area (Å²) >= 11 is 3.51. The van der Waals surface area contributed by atoms with E-state index in [0.29, 0.717) is 30.4 Å². The average molecular weight is 426 g/mol. The lowest BCUT2D eigenvalue weighted by Gasteiger charge is -2.16. The third kappa shape index (κ3) is 5.46. The molecule has 3 rings (SSSR count). The molecule has 1 unspecified atom stereocenters. The first-order valence-corrected chi connectivity index (χ1v) is 8.94. The van der Waals surface area contributed by atoms with Crippen LogP contribution in [0.1, 0.15) is 28.8 Å². The van der Waals surface area contributed by atoms with E-state index in [9.17, 15) is 4.79 Å². The molecule has 2 aromatic carbocycles. The lowest BCUT2D eigenvalue weighted by molar-refractivity contribution is 0.0933. The Morgan fingerprint density at radius 2 is 2.00 bits per heavy atom. The van der Waals surface area contributed by atoms with Crippen molar-refractivity contribution in [2.75, 3.05) is 6.54 Å². The van der Waals surface area contributed by atoms with Crippen molar-refractivity contribution in [1.82, 2.24) is 5.32 Å². The molecule has 2 aromatic rings. The SMILES string of the molecule is Cl.NCC(NC(=O)c1cccc(OCc2ccccc2Br)c1)C1CC1. The molecule has 134 valence electrons. The summed E-state index contributed by atoms with van der Waals surface area (Å²) in [5, 5.41) is 3.03. The summed E-state index contributed by atoms with van der Waals surface area (Å²) in [6, 6.07) is 15.2. The molecule has 0 bridgehead atoms. The number of nitrogens with one attached hydrogen (secondary N) is 1. The van der Waals surface area contributed by atoms with Crippen molar-refractivity contribution >= 4 is 34.2 Å². The molecule has 6 heteroatoms. The van der Waals surface area contributed by atoms with Crippen LogP contribution in [0.2, 0.25) is 0 Å². The number of halogens is 2. The number of carbonyl (C=O) groups excluding carboxylic acids is 1. The minimum absolute atomic E-state index is 0. The van der Waals surface area contributed by atoms with Gasteiger partial charge < -0.3 is 15.8 Å². The molecule has 1 aliphatic carbocycles. The van der Waals surface area contributed by atoms with Crippen molar-refractivity contribution in [3.05, 3.63) is 64.1 Å². The van der Waals surface area contributed by atoms with Crippen molar-refractivity contribution in [3.63, 3.8) is 0 Å². The molecule has 0 saturated heterocycles. The molecule has 1 amide bonds. The summed E-state index contributed by atoms with van der Waals surface area (Å²) in [6.07, 6.45) is 2.30. The van der Waals surface area contributed by atoms with Crippen molar-refractivity contribution in [3.8, 4) is 5.75 Å². The molecule has 1 fully saturated rings. The summed E-state index contributed by atoms with van der Waals surface area (Å²) in [4.78, 5) is 12.4. The Hall–Kier alpha value is -1.56. The molecule has 25 heavy (non-hydrogen) atoms. The van der Waals surface area contributed by atoms with E-state index in [1.807, 2.05) is 36.4 Å². The van der Waals surface area contributed by atoms with E-state index >= 15 is 0 Å². The van der Waals surface area contributed by atoms with Gasteiger partial charge in [0.1, 0.15) is 12.4 Å². The van der Waals surface area contributed by atoms with Gasteiger partial charge in [0.25, 0.3) is 5.91 Å². The zero-order valence-electron chi connectivity index (χ0n) is 13.8. The van der Waals surface area contributed by atoms with Crippen LogP contribution in [0.3, 0.4) is 0 Å². The molecule has 1 aliphatic rings. The highest BCUT2D eigenvalue weighted by molar-refractivity contribution is 9.10. The highest BCUT2D eigenvalue weighted by Crippen LogP contribution is 2.32. The fourth-order valence-electron chi connectivity index (χ4n) is 2.62. The Balaban J connectivity index is 0.00000225. The molecule has 0 aromatic heterocycles. The first-order valence-electron chi connectivity index (χ1n) is 8.14. The number of hydrogen-bond donors (Lipinski definition) is 2. The van der Waals surface area contributed by atoms with Gasteiger partial charge in [0.2, 0.25) is 0 Å². The normalized spacial score (nSPS) is 14.3. The average Bonchev–Trinajstić information content (AvgIpc) is 3.44. The van der Waals surface area contributed by atoms with Gasteiger partial charge in [-0.2, -0.15) is 0 Å². The lowest BCUT2D eigenvalue weighted by Crippen LogP contribution is -2.41. The molecule has 0 aliphatic heterocycles. The van der Waals surface area contributed by atoms with Gasteiger partial charge in [0, 0.05) is 28.2 Å². The van der Waals surface area contributed by atoms with Crippen molar-refractivity contribution in [1.29, 1.82) is 0 Å². The van der Waals surface area contributed by atoms with Crippen molar-refractivity contribution in [2.45, 2.75) is 25.5 Å². The number of hydrogen-bond acceptors (Lipinski definition) is 3. The molecular weight excluding hydrogens is 404 g/mol. The van der Waals surface area contributed by atoms with Crippen LogP contribution in [0.25, 0.3) is 0 Å². The van der Waals surface area contributed by atoms with Gasteiger partial charge in [0.05, 0.1) is 0 Å². The van der Waals surface area contributed by atoms with Gasteiger partial charge in [-0.1, -0.05) is 40.2 Å². The first-order chi connectivity index (χ1) is 11.7.